The van der Waals surface area contributed by atoms with E-state index in [1.807, 2.05) is 13.8 Å². The number of nitrogens with two attached hydrogens (primary N) is 1. The number of hydrogen-bond acceptors (Lipinski definition) is 3. The fourth-order valence-electron chi connectivity index (χ4n) is 3.07. The number of fused-ring (bicyclic) bond motifs is 1. The summed E-state index contributed by atoms with van der Waals surface area (Å²) < 4.78 is 0. The van der Waals surface area contributed by atoms with Crippen LogP contribution in [0.15, 0.2) is 0 Å². The van der Waals surface area contributed by atoms with Crippen LogP contribution in [0.4, 0.5) is 0 Å². The molecule has 0 spiro atoms. The monoisotopic (exact) mass is 239 g/mol. The molecule has 17 heavy (non-hydrogen) atoms. The van der Waals surface area contributed by atoms with Crippen molar-refractivity contribution in [3.05, 3.63) is 0 Å². The molecule has 4 nitrogen and oxygen atoms in total. The van der Waals surface area contributed by atoms with E-state index in [1.165, 1.54) is 19.4 Å². The molecular weight excluding hydrogens is 214 g/mol. The van der Waals surface area contributed by atoms with Crippen molar-refractivity contribution in [2.24, 2.45) is 11.1 Å². The molecule has 2 N–H and O–H groups in total. The molecule has 0 saturated carbocycles. The van der Waals surface area contributed by atoms with Crippen LogP contribution in [-0.4, -0.2) is 54.5 Å². The van der Waals surface area contributed by atoms with Crippen LogP contribution in [0, 0.1) is 5.41 Å². The highest BCUT2D eigenvalue weighted by Gasteiger charge is 2.37. The van der Waals surface area contributed by atoms with Gasteiger partial charge in [-0.1, -0.05) is 13.8 Å². The first-order chi connectivity index (χ1) is 8.04. The summed E-state index contributed by atoms with van der Waals surface area (Å²) in [6.07, 6.45) is 3.32. The minimum Gasteiger partial charge on any atom is -0.339 e. The zero-order valence-electron chi connectivity index (χ0n) is 11.1. The van der Waals surface area contributed by atoms with E-state index in [1.54, 1.807) is 0 Å². The number of amides is 1. The van der Waals surface area contributed by atoms with Crippen LogP contribution in [0.3, 0.4) is 0 Å². The average Bonchev–Trinajstić information content (AvgIpc) is 2.74. The normalized spacial score (nSPS) is 26.1. The smallest absolute Gasteiger partial charge is 0.228 e. The van der Waals surface area contributed by atoms with Crippen LogP contribution in [0.2, 0.25) is 0 Å². The Morgan fingerprint density at radius 1 is 1.35 bits per heavy atom. The quantitative estimate of drug-likeness (QED) is 0.787. The maximum Gasteiger partial charge on any atom is 0.228 e. The van der Waals surface area contributed by atoms with Crippen LogP contribution in [-0.2, 0) is 4.79 Å². The van der Waals surface area contributed by atoms with Crippen LogP contribution in [0.25, 0.3) is 0 Å². The Bertz CT molecular complexity index is 290. The molecule has 1 unspecified atom stereocenters. The SMILES string of the molecule is CC(C)(CCN)C(=O)N1CCN2CCCC2C1. The van der Waals surface area contributed by atoms with E-state index in [0.29, 0.717) is 12.6 Å². The van der Waals surface area contributed by atoms with Crippen LogP contribution in [0.5, 0.6) is 0 Å². The lowest BCUT2D eigenvalue weighted by Gasteiger charge is -2.40. The molecule has 0 aromatic carbocycles. The summed E-state index contributed by atoms with van der Waals surface area (Å²) in [5, 5.41) is 0. The third kappa shape index (κ3) is 2.63. The van der Waals surface area contributed by atoms with E-state index < -0.39 is 0 Å². The zero-order chi connectivity index (χ0) is 12.5. The Labute approximate surface area is 104 Å². The fraction of sp³-hybridized carbons (Fsp3) is 0.923. The van der Waals surface area contributed by atoms with Crippen LogP contribution in [0.1, 0.15) is 33.1 Å². The highest BCUT2D eigenvalue weighted by atomic mass is 16.2. The molecule has 0 aromatic heterocycles. The van der Waals surface area contributed by atoms with Gasteiger partial charge in [-0.15, -0.1) is 0 Å². The Balaban J connectivity index is 1.96. The molecule has 1 atom stereocenters. The lowest BCUT2D eigenvalue weighted by molar-refractivity contribution is -0.143. The van der Waals surface area contributed by atoms with Crippen molar-refractivity contribution in [3.63, 3.8) is 0 Å². The maximum atomic E-state index is 12.5. The van der Waals surface area contributed by atoms with E-state index >= 15 is 0 Å². The number of rotatable bonds is 3. The topological polar surface area (TPSA) is 49.6 Å². The number of piperazine rings is 1. The Morgan fingerprint density at radius 3 is 2.82 bits per heavy atom. The molecule has 0 aromatic rings. The largest absolute Gasteiger partial charge is 0.339 e. The summed E-state index contributed by atoms with van der Waals surface area (Å²) in [7, 11) is 0. The minimum absolute atomic E-state index is 0.287. The maximum absolute atomic E-state index is 12.5. The van der Waals surface area contributed by atoms with Gasteiger partial charge in [0.1, 0.15) is 0 Å². The molecule has 0 bridgehead atoms. The molecule has 0 radical (unpaired) electrons. The molecule has 2 rings (SSSR count). The van der Waals surface area contributed by atoms with Crippen molar-refractivity contribution < 1.29 is 4.79 Å². The molecule has 2 saturated heterocycles. The van der Waals surface area contributed by atoms with Gasteiger partial charge in [0.2, 0.25) is 5.91 Å². The predicted octanol–water partition coefficient (Wildman–Crippen LogP) is 0.668. The molecule has 2 aliphatic rings. The summed E-state index contributed by atoms with van der Waals surface area (Å²) >= 11 is 0. The Morgan fingerprint density at radius 2 is 2.12 bits per heavy atom. The van der Waals surface area contributed by atoms with E-state index in [9.17, 15) is 4.79 Å². The Hall–Kier alpha value is -0.610. The van der Waals surface area contributed by atoms with E-state index in [4.69, 9.17) is 5.73 Å². The van der Waals surface area contributed by atoms with E-state index in [0.717, 1.165) is 26.1 Å². The lowest BCUT2D eigenvalue weighted by Crippen LogP contribution is -2.55. The van der Waals surface area contributed by atoms with Gasteiger partial charge in [0.15, 0.2) is 0 Å². The molecule has 98 valence electrons. The number of carbonyl (C=O) groups excluding carboxylic acids is 1. The van der Waals surface area contributed by atoms with Gasteiger partial charge >= 0.3 is 0 Å². The van der Waals surface area contributed by atoms with Gasteiger partial charge in [-0.05, 0) is 32.4 Å². The number of hydrogen-bond donors (Lipinski definition) is 1. The number of carbonyl (C=O) groups is 1. The zero-order valence-corrected chi connectivity index (χ0v) is 11.1. The van der Waals surface area contributed by atoms with Crippen LogP contribution < -0.4 is 5.73 Å². The molecule has 0 aliphatic carbocycles. The summed E-state index contributed by atoms with van der Waals surface area (Å²) in [4.78, 5) is 17.0. The standard InChI is InChI=1S/C13H25N3O/c1-13(2,5-6-14)12(17)16-9-8-15-7-3-4-11(15)10-16/h11H,3-10,14H2,1-2H3. The molecule has 2 fully saturated rings. The van der Waals surface area contributed by atoms with Gasteiger partial charge in [-0.2, -0.15) is 0 Å². The second kappa shape index (κ2) is 4.94. The Kier molecular flexibility index (Phi) is 3.73. The van der Waals surface area contributed by atoms with Crippen molar-refractivity contribution in [1.82, 2.24) is 9.80 Å². The van der Waals surface area contributed by atoms with Crippen molar-refractivity contribution in [2.75, 3.05) is 32.7 Å². The second-order valence-electron chi connectivity index (χ2n) is 6.01. The van der Waals surface area contributed by atoms with Crippen molar-refractivity contribution in [1.29, 1.82) is 0 Å². The summed E-state index contributed by atoms with van der Waals surface area (Å²) in [5.41, 5.74) is 5.29. The van der Waals surface area contributed by atoms with Gasteiger partial charge in [-0.25, -0.2) is 0 Å². The van der Waals surface area contributed by atoms with Gasteiger partial charge in [0.25, 0.3) is 0 Å². The van der Waals surface area contributed by atoms with Crippen molar-refractivity contribution in [3.8, 4) is 0 Å². The van der Waals surface area contributed by atoms with Gasteiger partial charge in [0.05, 0.1) is 0 Å². The first-order valence-corrected chi connectivity index (χ1v) is 6.78. The van der Waals surface area contributed by atoms with E-state index in [2.05, 4.69) is 9.80 Å². The molecule has 2 heterocycles. The third-order valence-corrected chi connectivity index (χ3v) is 4.22. The van der Waals surface area contributed by atoms with Gasteiger partial charge < -0.3 is 10.6 Å². The van der Waals surface area contributed by atoms with Crippen molar-refractivity contribution >= 4 is 5.91 Å². The lowest BCUT2D eigenvalue weighted by atomic mass is 9.87. The minimum atomic E-state index is -0.296. The highest BCUT2D eigenvalue weighted by molar-refractivity contribution is 5.82. The summed E-state index contributed by atoms with van der Waals surface area (Å²) in [6.45, 7) is 8.71. The van der Waals surface area contributed by atoms with Gasteiger partial charge in [0, 0.05) is 31.1 Å². The molecule has 2 aliphatic heterocycles. The average molecular weight is 239 g/mol. The molecular formula is C13H25N3O. The number of nitrogens with zero attached hydrogens (tertiary/aromatic N) is 2. The molecule has 4 heteroatoms. The third-order valence-electron chi connectivity index (χ3n) is 4.22. The van der Waals surface area contributed by atoms with Gasteiger partial charge in [-0.3, -0.25) is 9.69 Å². The summed E-state index contributed by atoms with van der Waals surface area (Å²) in [6, 6.07) is 0.612. The second-order valence-corrected chi connectivity index (χ2v) is 6.01. The van der Waals surface area contributed by atoms with Crippen LogP contribution >= 0.6 is 0 Å². The fourth-order valence-corrected chi connectivity index (χ4v) is 3.07. The first kappa shape index (κ1) is 12.8. The summed E-state index contributed by atoms with van der Waals surface area (Å²) in [5.74, 6) is 0.287. The van der Waals surface area contributed by atoms with Crippen molar-refractivity contribution in [2.45, 2.75) is 39.2 Å². The van der Waals surface area contributed by atoms with E-state index in [-0.39, 0.29) is 11.3 Å². The first-order valence-electron chi connectivity index (χ1n) is 6.78. The molecule has 1 amide bonds. The predicted molar refractivity (Wildman–Crippen MR) is 68.6 cm³/mol. The highest BCUT2D eigenvalue weighted by Crippen LogP contribution is 2.27.